The minimum atomic E-state index is -0.440. The number of rotatable bonds is 5. The number of amides is 1. The Balaban J connectivity index is 1.54. The van der Waals surface area contributed by atoms with Crippen molar-refractivity contribution in [3.05, 3.63) is 71.8 Å². The molecular formula is C23H23F2N5O2. The first-order chi connectivity index (χ1) is 15.5. The Hall–Kier alpha value is -3.59. The van der Waals surface area contributed by atoms with Crippen molar-refractivity contribution < 1.29 is 18.3 Å². The van der Waals surface area contributed by atoms with Crippen LogP contribution in [-0.4, -0.2) is 40.8 Å². The van der Waals surface area contributed by atoms with Gasteiger partial charge in [0.15, 0.2) is 5.82 Å². The number of hydrogen-bond acceptors (Lipinski definition) is 4. The van der Waals surface area contributed by atoms with Gasteiger partial charge in [-0.1, -0.05) is 0 Å². The highest BCUT2D eigenvalue weighted by Gasteiger charge is 2.23. The van der Waals surface area contributed by atoms with Gasteiger partial charge in [0.1, 0.15) is 11.6 Å². The zero-order valence-corrected chi connectivity index (χ0v) is 17.4. The van der Waals surface area contributed by atoms with Gasteiger partial charge in [-0.2, -0.15) is 5.10 Å². The molecule has 0 bridgehead atoms. The highest BCUT2D eigenvalue weighted by molar-refractivity contribution is 6.09. The Morgan fingerprint density at radius 3 is 2.50 bits per heavy atom. The van der Waals surface area contributed by atoms with E-state index < -0.39 is 11.7 Å². The van der Waals surface area contributed by atoms with Gasteiger partial charge in [-0.25, -0.2) is 13.8 Å². The summed E-state index contributed by atoms with van der Waals surface area (Å²) in [6.07, 6.45) is 1.82. The molecule has 0 aliphatic carbocycles. The maximum Gasteiger partial charge on any atom is 0.257 e. The van der Waals surface area contributed by atoms with Crippen LogP contribution in [0.3, 0.4) is 0 Å². The van der Waals surface area contributed by atoms with E-state index in [0.717, 1.165) is 18.4 Å². The molecule has 32 heavy (non-hydrogen) atoms. The normalized spacial score (nSPS) is 17.2. The van der Waals surface area contributed by atoms with Crippen molar-refractivity contribution >= 4 is 17.7 Å². The first-order valence-electron chi connectivity index (χ1n) is 10.3. The smallest absolute Gasteiger partial charge is 0.257 e. The van der Waals surface area contributed by atoms with E-state index in [9.17, 15) is 13.6 Å². The minimum absolute atomic E-state index is 0.0384. The molecular weight excluding hydrogens is 416 g/mol. The summed E-state index contributed by atoms with van der Waals surface area (Å²) in [7, 11) is 0. The maximum absolute atomic E-state index is 13.2. The van der Waals surface area contributed by atoms with Crippen molar-refractivity contribution in [2.45, 2.75) is 31.9 Å². The Labute approximate surface area is 183 Å². The molecule has 1 fully saturated rings. The summed E-state index contributed by atoms with van der Waals surface area (Å²) in [6.45, 7) is 2.60. The minimum Gasteiger partial charge on any atom is -0.376 e. The van der Waals surface area contributed by atoms with Crippen LogP contribution >= 0.6 is 0 Å². The van der Waals surface area contributed by atoms with Gasteiger partial charge in [-0.15, -0.1) is 0 Å². The molecule has 2 atom stereocenters. The molecule has 0 saturated carbocycles. The monoisotopic (exact) mass is 439 g/mol. The molecule has 1 amide bonds. The maximum atomic E-state index is 13.2. The number of carbonyl (C=O) groups excluding carboxylic acids is 1. The van der Waals surface area contributed by atoms with Gasteiger partial charge in [0.2, 0.25) is 5.96 Å². The number of aliphatic imine (C=N–C) groups is 1. The summed E-state index contributed by atoms with van der Waals surface area (Å²) < 4.78 is 32.1. The number of ether oxygens (including phenoxy) is 1. The number of carbonyl (C=O) groups is 1. The summed E-state index contributed by atoms with van der Waals surface area (Å²) in [4.78, 5) is 17.3. The average molecular weight is 439 g/mol. The summed E-state index contributed by atoms with van der Waals surface area (Å²) in [5, 5.41) is 12.8. The van der Waals surface area contributed by atoms with Crippen molar-refractivity contribution in [3.63, 3.8) is 0 Å². The number of anilines is 1. The number of guanidine groups is 1. The van der Waals surface area contributed by atoms with E-state index in [1.165, 1.54) is 36.4 Å². The van der Waals surface area contributed by atoms with Crippen LogP contribution in [0.15, 0.2) is 59.6 Å². The number of nitrogens with one attached hydrogen (secondary N) is 3. The van der Waals surface area contributed by atoms with Gasteiger partial charge in [0, 0.05) is 18.2 Å². The fourth-order valence-corrected chi connectivity index (χ4v) is 3.43. The SMILES string of the molecule is CC(N=C(NC(=O)c1ccc(F)cc1)Nc1cc(-c2ccc(F)cc2)[nH]n1)C1CCCO1. The van der Waals surface area contributed by atoms with Gasteiger partial charge in [0.05, 0.1) is 17.8 Å². The predicted molar refractivity (Wildman–Crippen MR) is 117 cm³/mol. The topological polar surface area (TPSA) is 91.4 Å². The third kappa shape index (κ3) is 5.36. The lowest BCUT2D eigenvalue weighted by atomic mass is 10.1. The zero-order chi connectivity index (χ0) is 22.5. The van der Waals surface area contributed by atoms with Crippen LogP contribution in [0.25, 0.3) is 11.3 Å². The molecule has 9 heteroatoms. The van der Waals surface area contributed by atoms with Crippen LogP contribution in [-0.2, 0) is 4.74 Å². The molecule has 3 aromatic rings. The van der Waals surface area contributed by atoms with Crippen LogP contribution in [0.2, 0.25) is 0 Å². The van der Waals surface area contributed by atoms with Crippen LogP contribution in [0, 0.1) is 11.6 Å². The van der Waals surface area contributed by atoms with E-state index in [2.05, 4.69) is 25.8 Å². The van der Waals surface area contributed by atoms with Crippen LogP contribution in [0.5, 0.6) is 0 Å². The van der Waals surface area contributed by atoms with E-state index in [1.807, 2.05) is 6.92 Å². The average Bonchev–Trinajstić information content (AvgIpc) is 3.47. The molecule has 1 aromatic heterocycles. The number of benzene rings is 2. The molecule has 166 valence electrons. The first-order valence-corrected chi connectivity index (χ1v) is 10.3. The van der Waals surface area contributed by atoms with Crippen LogP contribution < -0.4 is 10.6 Å². The van der Waals surface area contributed by atoms with Gasteiger partial charge in [-0.05, 0) is 73.9 Å². The molecule has 0 spiro atoms. The first kappa shape index (κ1) is 21.6. The second kappa shape index (κ2) is 9.69. The van der Waals surface area contributed by atoms with Crippen molar-refractivity contribution in [2.75, 3.05) is 11.9 Å². The lowest BCUT2D eigenvalue weighted by Crippen LogP contribution is -2.38. The van der Waals surface area contributed by atoms with Gasteiger partial charge in [-0.3, -0.25) is 15.2 Å². The van der Waals surface area contributed by atoms with Crippen LogP contribution in [0.1, 0.15) is 30.1 Å². The summed E-state index contributed by atoms with van der Waals surface area (Å²) >= 11 is 0. The lowest BCUT2D eigenvalue weighted by molar-refractivity contribution is 0.0942. The van der Waals surface area contributed by atoms with E-state index in [-0.39, 0.29) is 23.9 Å². The summed E-state index contributed by atoms with van der Waals surface area (Å²) in [5.74, 6) is -0.579. The lowest BCUT2D eigenvalue weighted by Gasteiger charge is -2.17. The van der Waals surface area contributed by atoms with Gasteiger partial charge < -0.3 is 10.1 Å². The quantitative estimate of drug-likeness (QED) is 0.412. The zero-order valence-electron chi connectivity index (χ0n) is 17.4. The molecule has 1 saturated heterocycles. The summed E-state index contributed by atoms with van der Waals surface area (Å²) in [5.41, 5.74) is 1.72. The highest BCUT2D eigenvalue weighted by atomic mass is 19.1. The third-order valence-corrected chi connectivity index (χ3v) is 5.15. The van der Waals surface area contributed by atoms with Gasteiger partial charge in [0.25, 0.3) is 5.91 Å². The number of H-pyrrole nitrogens is 1. The highest BCUT2D eigenvalue weighted by Crippen LogP contribution is 2.21. The van der Waals surface area contributed by atoms with Crippen molar-refractivity contribution in [3.8, 4) is 11.3 Å². The second-order valence-electron chi connectivity index (χ2n) is 7.53. The van der Waals surface area contributed by atoms with E-state index in [1.54, 1.807) is 18.2 Å². The van der Waals surface area contributed by atoms with E-state index in [0.29, 0.717) is 23.7 Å². The number of aromatic nitrogens is 2. The fourth-order valence-electron chi connectivity index (χ4n) is 3.43. The number of hydrogen-bond donors (Lipinski definition) is 3. The molecule has 2 aromatic carbocycles. The number of nitrogens with zero attached hydrogens (tertiary/aromatic N) is 2. The molecule has 1 aliphatic rings. The molecule has 0 radical (unpaired) electrons. The Kier molecular flexibility index (Phi) is 6.55. The molecule has 4 rings (SSSR count). The molecule has 2 heterocycles. The number of halogens is 2. The number of aromatic amines is 1. The summed E-state index contributed by atoms with van der Waals surface area (Å²) in [6, 6.07) is 12.8. The standard InChI is InChI=1S/C23H23F2N5O2/c1-14(20-3-2-12-32-20)26-23(28-22(31)16-6-10-18(25)11-7-16)27-21-13-19(29-30-21)15-4-8-17(24)9-5-15/h4-11,13-14,20H,2-3,12H2,1H3,(H3,26,27,28,29,30,31). The van der Waals surface area contributed by atoms with Gasteiger partial charge >= 0.3 is 0 Å². The van der Waals surface area contributed by atoms with Crippen molar-refractivity contribution in [2.24, 2.45) is 4.99 Å². The van der Waals surface area contributed by atoms with Crippen LogP contribution in [0.4, 0.5) is 14.6 Å². The Morgan fingerprint density at radius 1 is 1.16 bits per heavy atom. The molecule has 1 aliphatic heterocycles. The third-order valence-electron chi connectivity index (χ3n) is 5.15. The molecule has 2 unspecified atom stereocenters. The largest absolute Gasteiger partial charge is 0.376 e. The second-order valence-corrected chi connectivity index (χ2v) is 7.53. The fraction of sp³-hybridized carbons (Fsp3) is 0.261. The van der Waals surface area contributed by atoms with Crippen molar-refractivity contribution in [1.82, 2.24) is 15.5 Å². The Morgan fingerprint density at radius 2 is 1.84 bits per heavy atom. The predicted octanol–water partition coefficient (Wildman–Crippen LogP) is 4.12. The van der Waals surface area contributed by atoms with Crippen molar-refractivity contribution in [1.29, 1.82) is 0 Å². The molecule has 7 nitrogen and oxygen atoms in total. The molecule has 3 N–H and O–H groups in total. The Bertz CT molecular complexity index is 1090. The van der Waals surface area contributed by atoms with E-state index in [4.69, 9.17) is 4.74 Å². The van der Waals surface area contributed by atoms with E-state index >= 15 is 0 Å².